The second-order valence-corrected chi connectivity index (χ2v) is 10.2. The number of nitrogens with zero attached hydrogens (tertiary/aromatic N) is 3. The van der Waals surface area contributed by atoms with Crippen LogP contribution in [-0.2, 0) is 16.0 Å². The lowest BCUT2D eigenvalue weighted by atomic mass is 9.88. The quantitative estimate of drug-likeness (QED) is 0.195. The van der Waals surface area contributed by atoms with E-state index in [1.807, 2.05) is 29.3 Å². The number of hydrogen-bond donors (Lipinski definition) is 2. The Balaban J connectivity index is 1.24. The summed E-state index contributed by atoms with van der Waals surface area (Å²) in [7, 11) is 0. The predicted octanol–water partition coefficient (Wildman–Crippen LogP) is 5.16. The number of pyridine rings is 1. The lowest BCUT2D eigenvalue weighted by Gasteiger charge is -2.33. The summed E-state index contributed by atoms with van der Waals surface area (Å²) in [6.07, 6.45) is 7.18. The Morgan fingerprint density at radius 1 is 1.16 bits per heavy atom. The van der Waals surface area contributed by atoms with Crippen molar-refractivity contribution < 1.29 is 9.53 Å². The molecule has 8 heteroatoms. The van der Waals surface area contributed by atoms with Gasteiger partial charge in [0.1, 0.15) is 12.4 Å². The molecular formula is C29H32ClN5O2. The number of hydrogen-bond acceptors (Lipinski definition) is 5. The third-order valence-corrected chi connectivity index (χ3v) is 7.57. The molecule has 2 aromatic carbocycles. The Morgan fingerprint density at radius 3 is 2.70 bits per heavy atom. The van der Waals surface area contributed by atoms with E-state index in [-0.39, 0.29) is 12.0 Å². The summed E-state index contributed by atoms with van der Waals surface area (Å²) in [6.45, 7) is 2.29. The van der Waals surface area contributed by atoms with Gasteiger partial charge in [0.05, 0.1) is 5.69 Å². The van der Waals surface area contributed by atoms with Gasteiger partial charge in [-0.2, -0.15) is 0 Å². The molecule has 2 aliphatic rings. The fourth-order valence-corrected chi connectivity index (χ4v) is 5.47. The van der Waals surface area contributed by atoms with Crippen molar-refractivity contribution in [3.05, 3.63) is 82.6 Å². The maximum Gasteiger partial charge on any atom is 0.251 e. The van der Waals surface area contributed by atoms with E-state index in [0.717, 1.165) is 68.4 Å². The zero-order valence-corrected chi connectivity index (χ0v) is 21.5. The molecule has 2 saturated heterocycles. The van der Waals surface area contributed by atoms with E-state index in [9.17, 15) is 4.79 Å². The Morgan fingerprint density at radius 2 is 2.00 bits per heavy atom. The average molecular weight is 518 g/mol. The first-order valence-corrected chi connectivity index (χ1v) is 13.2. The molecule has 0 bridgehead atoms. The summed E-state index contributed by atoms with van der Waals surface area (Å²) in [4.78, 5) is 19.4. The fourth-order valence-electron chi connectivity index (χ4n) is 5.30. The van der Waals surface area contributed by atoms with Crippen molar-refractivity contribution >= 4 is 29.5 Å². The Hall–Kier alpha value is -3.26. The van der Waals surface area contributed by atoms with Gasteiger partial charge in [0.2, 0.25) is 0 Å². The highest BCUT2D eigenvalue weighted by atomic mass is 35.5. The molecule has 2 aliphatic heterocycles. The van der Waals surface area contributed by atoms with E-state index in [0.29, 0.717) is 23.2 Å². The number of nitrogens with one attached hydrogen (secondary N) is 1. The molecule has 0 spiro atoms. The highest BCUT2D eigenvalue weighted by Crippen LogP contribution is 2.33. The van der Waals surface area contributed by atoms with Crippen LogP contribution in [-0.4, -0.2) is 47.9 Å². The Bertz CT molecular complexity index is 1250. The van der Waals surface area contributed by atoms with Gasteiger partial charge >= 0.3 is 0 Å². The average Bonchev–Trinajstić information content (AvgIpc) is 3.48. The summed E-state index contributed by atoms with van der Waals surface area (Å²) in [5.74, 6) is 6.57. The SMILES string of the molecule is N=CN(N)c1ccc(Cl)cc1-c1ccc(Cc2cccc(C3CCN(C(=O)C4CCCO4)CC3)c2)nc1. The van der Waals surface area contributed by atoms with Gasteiger partial charge in [-0.05, 0) is 67.0 Å². The number of carbonyl (C=O) groups excluding carboxylic acids is 1. The molecule has 7 nitrogen and oxygen atoms in total. The van der Waals surface area contributed by atoms with Crippen LogP contribution in [0, 0.1) is 5.41 Å². The summed E-state index contributed by atoms with van der Waals surface area (Å²) in [5.41, 5.74) is 5.91. The van der Waals surface area contributed by atoms with Crippen LogP contribution in [0.5, 0.6) is 0 Å². The number of rotatable bonds is 7. The third-order valence-electron chi connectivity index (χ3n) is 7.33. The minimum absolute atomic E-state index is 0.168. The number of piperidine rings is 1. The van der Waals surface area contributed by atoms with Gasteiger partial charge in [0.15, 0.2) is 0 Å². The van der Waals surface area contributed by atoms with Gasteiger partial charge in [0.25, 0.3) is 5.91 Å². The number of nitrogens with two attached hydrogens (primary N) is 1. The van der Waals surface area contributed by atoms with Crippen molar-refractivity contribution in [3.63, 3.8) is 0 Å². The Labute approximate surface area is 222 Å². The molecule has 0 saturated carbocycles. The van der Waals surface area contributed by atoms with E-state index < -0.39 is 0 Å². The van der Waals surface area contributed by atoms with Crippen LogP contribution in [0.3, 0.4) is 0 Å². The maximum absolute atomic E-state index is 12.7. The van der Waals surface area contributed by atoms with Crippen LogP contribution in [0.4, 0.5) is 5.69 Å². The molecule has 37 heavy (non-hydrogen) atoms. The topological polar surface area (TPSA) is 95.5 Å². The van der Waals surface area contributed by atoms with Crippen LogP contribution in [0.15, 0.2) is 60.8 Å². The summed E-state index contributed by atoms with van der Waals surface area (Å²) in [6, 6.07) is 18.2. The maximum atomic E-state index is 12.7. The lowest BCUT2D eigenvalue weighted by molar-refractivity contribution is -0.142. The van der Waals surface area contributed by atoms with E-state index >= 15 is 0 Å². The number of halogens is 1. The van der Waals surface area contributed by atoms with Gasteiger partial charge in [-0.25, -0.2) is 5.84 Å². The number of amides is 1. The number of hydrazine groups is 1. The molecule has 2 fully saturated rings. The third kappa shape index (κ3) is 5.85. The summed E-state index contributed by atoms with van der Waals surface area (Å²) in [5, 5.41) is 9.33. The first kappa shape index (κ1) is 25.4. The number of anilines is 1. The lowest BCUT2D eigenvalue weighted by Crippen LogP contribution is -2.43. The normalized spacial score (nSPS) is 18.1. The molecule has 1 aromatic heterocycles. The number of likely N-dealkylation sites (tertiary alicyclic amines) is 1. The molecule has 0 radical (unpaired) electrons. The van der Waals surface area contributed by atoms with Gasteiger partial charge < -0.3 is 9.64 Å². The minimum Gasteiger partial charge on any atom is -0.368 e. The second kappa shape index (κ2) is 11.4. The van der Waals surface area contributed by atoms with Crippen molar-refractivity contribution in [2.24, 2.45) is 5.84 Å². The molecule has 1 unspecified atom stereocenters. The van der Waals surface area contributed by atoms with Crippen molar-refractivity contribution in [3.8, 4) is 11.1 Å². The van der Waals surface area contributed by atoms with Crippen molar-refractivity contribution in [2.45, 2.75) is 44.1 Å². The number of benzene rings is 2. The molecule has 1 atom stereocenters. The molecule has 3 heterocycles. The monoisotopic (exact) mass is 517 g/mol. The summed E-state index contributed by atoms with van der Waals surface area (Å²) < 4.78 is 5.59. The van der Waals surface area contributed by atoms with Gasteiger partial charge in [0, 0.05) is 54.2 Å². The molecule has 192 valence electrons. The fraction of sp³-hybridized carbons (Fsp3) is 0.345. The number of carbonyl (C=O) groups is 1. The van der Waals surface area contributed by atoms with Crippen LogP contribution < -0.4 is 10.9 Å². The van der Waals surface area contributed by atoms with Crippen molar-refractivity contribution in [1.82, 2.24) is 9.88 Å². The zero-order chi connectivity index (χ0) is 25.8. The first-order chi connectivity index (χ1) is 18.0. The van der Waals surface area contributed by atoms with Crippen LogP contribution in [0.25, 0.3) is 11.1 Å². The van der Waals surface area contributed by atoms with Crippen LogP contribution in [0.1, 0.15) is 48.4 Å². The van der Waals surface area contributed by atoms with Crippen LogP contribution in [0.2, 0.25) is 5.02 Å². The number of aromatic nitrogens is 1. The van der Waals surface area contributed by atoms with E-state index in [2.05, 4.69) is 24.3 Å². The molecule has 5 rings (SSSR count). The largest absolute Gasteiger partial charge is 0.368 e. The van der Waals surface area contributed by atoms with Gasteiger partial charge in [-0.15, -0.1) is 0 Å². The predicted molar refractivity (Wildman–Crippen MR) is 147 cm³/mol. The van der Waals surface area contributed by atoms with Gasteiger partial charge in [-0.3, -0.25) is 20.2 Å². The smallest absolute Gasteiger partial charge is 0.251 e. The molecule has 3 N–H and O–H groups in total. The molecular weight excluding hydrogens is 486 g/mol. The molecule has 3 aromatic rings. The highest BCUT2D eigenvalue weighted by molar-refractivity contribution is 6.31. The molecule has 1 amide bonds. The van der Waals surface area contributed by atoms with E-state index in [1.165, 1.54) is 16.1 Å². The van der Waals surface area contributed by atoms with Crippen molar-refractivity contribution in [1.29, 1.82) is 5.41 Å². The first-order valence-electron chi connectivity index (χ1n) is 12.8. The minimum atomic E-state index is -0.227. The number of ether oxygens (including phenoxy) is 1. The van der Waals surface area contributed by atoms with E-state index in [4.69, 9.17) is 32.6 Å². The van der Waals surface area contributed by atoms with Crippen molar-refractivity contribution in [2.75, 3.05) is 24.7 Å². The summed E-state index contributed by atoms with van der Waals surface area (Å²) >= 11 is 6.22. The van der Waals surface area contributed by atoms with E-state index in [1.54, 1.807) is 12.1 Å². The standard InChI is InChI=1S/C29H32ClN5O2/c30-24-7-9-27(35(32)19-31)26(17-24)23-6-8-25(33-18-23)16-20-3-1-4-22(15-20)21-10-12-34(13-11-21)29(36)28-5-2-14-37-28/h1,3-4,6-9,15,17-19,21,28,31H,2,5,10-14,16,32H2. The van der Waals surface area contributed by atoms with Crippen LogP contribution >= 0.6 is 11.6 Å². The molecule has 0 aliphatic carbocycles. The highest BCUT2D eigenvalue weighted by Gasteiger charge is 2.31. The second-order valence-electron chi connectivity index (χ2n) is 9.76. The van der Waals surface area contributed by atoms with Gasteiger partial charge in [-0.1, -0.05) is 41.9 Å². The Kier molecular flexibility index (Phi) is 7.84. The zero-order valence-electron chi connectivity index (χ0n) is 20.8.